The van der Waals surface area contributed by atoms with Crippen molar-refractivity contribution in [3.8, 4) is 0 Å². The lowest BCUT2D eigenvalue weighted by Crippen LogP contribution is -2.76. The normalized spacial score (nSPS) is 46.0. The Morgan fingerprint density at radius 3 is 2.14 bits per heavy atom. The van der Waals surface area contributed by atoms with Crippen molar-refractivity contribution >= 4 is 5.69 Å². The number of aliphatic hydroxyl groups is 1. The van der Waals surface area contributed by atoms with Crippen LogP contribution < -0.4 is 0 Å². The zero-order chi connectivity index (χ0) is 15.7. The van der Waals surface area contributed by atoms with Gasteiger partial charge in [-0.25, -0.2) is 0 Å². The van der Waals surface area contributed by atoms with Crippen LogP contribution in [0.25, 0.3) is 0 Å². The molecule has 5 rings (SSSR count). The Morgan fingerprint density at radius 2 is 1.64 bits per heavy atom. The maximum absolute atomic E-state index is 11.4. The second-order valence-electron chi connectivity index (χ2n) is 7.71. The molecule has 4 fully saturated rings. The monoisotopic (exact) mass is 303 g/mol. The molecular weight excluding hydrogens is 282 g/mol. The van der Waals surface area contributed by atoms with Crippen molar-refractivity contribution in [2.75, 3.05) is 26.2 Å². The van der Waals surface area contributed by atoms with Gasteiger partial charge in [0, 0.05) is 43.1 Å². The number of benzene rings is 1. The fraction of sp³-hybridized carbons (Fsp3) is 0.625. The molecule has 0 amide bonds. The minimum atomic E-state index is -0.306. The van der Waals surface area contributed by atoms with Gasteiger partial charge in [-0.05, 0) is 6.07 Å². The van der Waals surface area contributed by atoms with Gasteiger partial charge in [0.1, 0.15) is 0 Å². The number of nitro groups is 1. The number of nitro benzene ring substituents is 1. The van der Waals surface area contributed by atoms with Gasteiger partial charge in [-0.2, -0.15) is 0 Å². The van der Waals surface area contributed by atoms with Gasteiger partial charge in [-0.3, -0.25) is 19.9 Å². The highest BCUT2D eigenvalue weighted by Gasteiger charge is 2.62. The van der Waals surface area contributed by atoms with Crippen molar-refractivity contribution in [1.82, 2.24) is 9.80 Å². The summed E-state index contributed by atoms with van der Waals surface area (Å²) in [4.78, 5) is 15.7. The summed E-state index contributed by atoms with van der Waals surface area (Å²) in [7, 11) is 0. The molecule has 0 atom stereocenters. The Bertz CT molecular complexity index is 609. The molecule has 4 aliphatic heterocycles. The molecule has 4 bridgehead atoms. The van der Waals surface area contributed by atoms with E-state index in [9.17, 15) is 15.2 Å². The second-order valence-corrected chi connectivity index (χ2v) is 7.71. The fourth-order valence-corrected chi connectivity index (χ4v) is 5.10. The van der Waals surface area contributed by atoms with Crippen LogP contribution in [0.5, 0.6) is 0 Å². The molecule has 1 aromatic carbocycles. The summed E-state index contributed by atoms with van der Waals surface area (Å²) in [6.45, 7) is 7.41. The van der Waals surface area contributed by atoms with E-state index in [-0.39, 0.29) is 33.7 Å². The van der Waals surface area contributed by atoms with Crippen LogP contribution in [-0.2, 0) is 0 Å². The lowest BCUT2D eigenvalue weighted by molar-refractivity contribution is -0.387. The number of para-hydroxylation sites is 1. The quantitative estimate of drug-likeness (QED) is 0.664. The van der Waals surface area contributed by atoms with Gasteiger partial charge in [-0.1, -0.05) is 26.0 Å². The highest BCUT2D eigenvalue weighted by Crippen LogP contribution is 2.54. The van der Waals surface area contributed by atoms with Crippen molar-refractivity contribution in [2.24, 2.45) is 10.8 Å². The summed E-state index contributed by atoms with van der Waals surface area (Å²) < 4.78 is 0. The molecule has 1 N–H and O–H groups in total. The van der Waals surface area contributed by atoms with Gasteiger partial charge in [0.2, 0.25) is 0 Å². The Hall–Kier alpha value is -1.50. The first-order chi connectivity index (χ1) is 10.3. The molecule has 6 nitrogen and oxygen atoms in total. The number of nitrogens with zero attached hydrogens (tertiary/aromatic N) is 3. The van der Waals surface area contributed by atoms with Crippen molar-refractivity contribution in [3.05, 3.63) is 39.9 Å². The first-order valence-corrected chi connectivity index (χ1v) is 7.74. The number of rotatable bonds is 2. The van der Waals surface area contributed by atoms with Crippen molar-refractivity contribution in [3.63, 3.8) is 0 Å². The average molecular weight is 303 g/mol. The predicted molar refractivity (Wildman–Crippen MR) is 81.2 cm³/mol. The third kappa shape index (κ3) is 1.71. The smallest absolute Gasteiger partial charge is 0.275 e. The van der Waals surface area contributed by atoms with E-state index in [0.717, 1.165) is 31.7 Å². The summed E-state index contributed by atoms with van der Waals surface area (Å²) in [5, 5.41) is 22.0. The van der Waals surface area contributed by atoms with E-state index in [1.54, 1.807) is 12.1 Å². The first-order valence-electron chi connectivity index (χ1n) is 7.74. The lowest BCUT2D eigenvalue weighted by Gasteiger charge is -2.68. The van der Waals surface area contributed by atoms with Crippen LogP contribution in [0.3, 0.4) is 0 Å². The van der Waals surface area contributed by atoms with Crippen molar-refractivity contribution < 1.29 is 10.0 Å². The summed E-state index contributed by atoms with van der Waals surface area (Å²) in [5.41, 5.74) is 0.667. The SMILES string of the molecule is CC12CN3CC(C)(CN(C1)C3c1ccccc1[N+](=O)[O-])C2O. The minimum Gasteiger partial charge on any atom is -0.392 e. The van der Waals surface area contributed by atoms with E-state index in [0.29, 0.717) is 0 Å². The summed E-state index contributed by atoms with van der Waals surface area (Å²) in [6, 6.07) is 7.04. The average Bonchev–Trinajstić information content (AvgIpc) is 2.43. The predicted octanol–water partition coefficient (Wildman–Crippen LogP) is 1.61. The lowest BCUT2D eigenvalue weighted by atomic mass is 9.60. The van der Waals surface area contributed by atoms with E-state index in [2.05, 4.69) is 23.6 Å². The zero-order valence-corrected chi connectivity index (χ0v) is 12.9. The Morgan fingerprint density at radius 1 is 1.14 bits per heavy atom. The summed E-state index contributed by atoms with van der Waals surface area (Å²) in [5.74, 6) is 0. The van der Waals surface area contributed by atoms with Gasteiger partial charge in [-0.15, -0.1) is 0 Å². The van der Waals surface area contributed by atoms with Crippen molar-refractivity contribution in [1.29, 1.82) is 0 Å². The molecule has 0 unspecified atom stereocenters. The standard InChI is InChI=1S/C16H21N3O3/c1-15-7-17-9-16(2,14(15)20)10-18(8-15)13(17)11-5-3-4-6-12(11)19(21)22/h3-6,13-14,20H,7-10H2,1-2H3. The van der Waals surface area contributed by atoms with E-state index in [1.165, 1.54) is 0 Å². The minimum absolute atomic E-state index is 0.0461. The number of piperidine rings is 2. The second kappa shape index (κ2) is 4.28. The molecule has 0 spiro atoms. The summed E-state index contributed by atoms with van der Waals surface area (Å²) >= 11 is 0. The Kier molecular flexibility index (Phi) is 2.74. The largest absolute Gasteiger partial charge is 0.392 e. The maximum Gasteiger partial charge on any atom is 0.275 e. The van der Waals surface area contributed by atoms with Crippen LogP contribution in [0.2, 0.25) is 0 Å². The van der Waals surface area contributed by atoms with Crippen LogP contribution in [-0.4, -0.2) is 52.1 Å². The van der Waals surface area contributed by atoms with Crippen LogP contribution in [0.15, 0.2) is 24.3 Å². The van der Waals surface area contributed by atoms with Gasteiger partial charge in [0.15, 0.2) is 0 Å². The van der Waals surface area contributed by atoms with E-state index in [1.807, 2.05) is 12.1 Å². The molecule has 6 heteroatoms. The molecule has 118 valence electrons. The first kappa shape index (κ1) is 14.1. The van der Waals surface area contributed by atoms with Crippen LogP contribution in [0, 0.1) is 20.9 Å². The molecule has 22 heavy (non-hydrogen) atoms. The molecule has 4 aliphatic rings. The van der Waals surface area contributed by atoms with Crippen LogP contribution >= 0.6 is 0 Å². The van der Waals surface area contributed by atoms with Gasteiger partial charge in [0.05, 0.1) is 22.8 Å². The highest BCUT2D eigenvalue weighted by atomic mass is 16.6. The molecule has 1 aromatic rings. The van der Waals surface area contributed by atoms with Gasteiger partial charge in [0.25, 0.3) is 5.69 Å². The van der Waals surface area contributed by atoms with E-state index >= 15 is 0 Å². The number of hydrogen-bond donors (Lipinski definition) is 1. The highest BCUT2D eigenvalue weighted by molar-refractivity contribution is 5.43. The molecule has 0 aliphatic carbocycles. The molecular formula is C16H21N3O3. The number of hydrogen-bond acceptors (Lipinski definition) is 5. The Balaban J connectivity index is 1.77. The molecule has 4 heterocycles. The summed E-state index contributed by atoms with van der Waals surface area (Å²) in [6.07, 6.45) is -0.352. The molecule has 0 radical (unpaired) electrons. The van der Waals surface area contributed by atoms with Gasteiger partial charge >= 0.3 is 0 Å². The fourth-order valence-electron chi connectivity index (χ4n) is 5.10. The number of aliphatic hydroxyl groups excluding tert-OH is 1. The van der Waals surface area contributed by atoms with E-state index < -0.39 is 0 Å². The van der Waals surface area contributed by atoms with E-state index in [4.69, 9.17) is 0 Å². The topological polar surface area (TPSA) is 69.9 Å². The maximum atomic E-state index is 11.4. The van der Waals surface area contributed by atoms with Crippen LogP contribution in [0.1, 0.15) is 25.6 Å². The zero-order valence-electron chi connectivity index (χ0n) is 12.9. The third-order valence-corrected chi connectivity index (χ3v) is 5.68. The van der Waals surface area contributed by atoms with Gasteiger partial charge < -0.3 is 5.11 Å². The molecule has 0 saturated carbocycles. The third-order valence-electron chi connectivity index (χ3n) is 5.68. The van der Waals surface area contributed by atoms with Crippen molar-refractivity contribution in [2.45, 2.75) is 26.1 Å². The Labute approximate surface area is 129 Å². The van der Waals surface area contributed by atoms with Crippen LogP contribution in [0.4, 0.5) is 5.69 Å². The molecule has 4 saturated heterocycles. The molecule has 0 aromatic heterocycles.